The molecule has 0 saturated heterocycles. The van der Waals surface area contributed by atoms with Crippen LogP contribution >= 0.6 is 0 Å². The van der Waals surface area contributed by atoms with Gasteiger partial charge in [-0.1, -0.05) is 18.2 Å². The van der Waals surface area contributed by atoms with Crippen LogP contribution in [0.2, 0.25) is 0 Å². The molecule has 4 nitrogen and oxygen atoms in total. The highest BCUT2D eigenvalue weighted by molar-refractivity contribution is 5.74. The molecule has 0 aliphatic heterocycles. The predicted molar refractivity (Wildman–Crippen MR) is 70.1 cm³/mol. The summed E-state index contributed by atoms with van der Waals surface area (Å²) in [5, 5.41) is 8.82. The van der Waals surface area contributed by atoms with Crippen LogP contribution in [0.3, 0.4) is 0 Å². The summed E-state index contributed by atoms with van der Waals surface area (Å²) in [6.07, 6.45) is -3.46. The van der Waals surface area contributed by atoms with E-state index in [0.717, 1.165) is 0 Å². The molecule has 0 atom stereocenters. The highest BCUT2D eigenvalue weighted by Crippen LogP contribution is 2.35. The molecule has 108 valence electrons. The standard InChI is InChI=1S/C14H10F3N3O/c15-14(16,17)21-12-4-2-1-3-10(12)11-8-20-13(19)7-9(11)5-6-18/h1-4,7-8H,5H2,(H2,19,20). The Morgan fingerprint density at radius 3 is 2.62 bits per heavy atom. The monoisotopic (exact) mass is 293 g/mol. The van der Waals surface area contributed by atoms with Gasteiger partial charge in [0.15, 0.2) is 0 Å². The van der Waals surface area contributed by atoms with E-state index < -0.39 is 6.36 Å². The molecule has 0 amide bonds. The zero-order valence-electron chi connectivity index (χ0n) is 10.7. The fourth-order valence-electron chi connectivity index (χ4n) is 1.89. The number of nitrogens with zero attached hydrogens (tertiary/aromatic N) is 2. The molecule has 1 aromatic heterocycles. The van der Waals surface area contributed by atoms with Crippen molar-refractivity contribution in [2.75, 3.05) is 5.73 Å². The number of benzene rings is 1. The molecule has 0 bridgehead atoms. The number of nitriles is 1. The molecule has 1 heterocycles. The van der Waals surface area contributed by atoms with Gasteiger partial charge in [-0.25, -0.2) is 4.98 Å². The number of nitrogens with two attached hydrogens (primary N) is 1. The summed E-state index contributed by atoms with van der Waals surface area (Å²) in [5.41, 5.74) is 6.61. The van der Waals surface area contributed by atoms with Gasteiger partial charge in [-0.05, 0) is 17.7 Å². The van der Waals surface area contributed by atoms with E-state index in [2.05, 4.69) is 9.72 Å². The van der Waals surface area contributed by atoms with Gasteiger partial charge in [0.05, 0.1) is 12.5 Å². The second-order valence-corrected chi connectivity index (χ2v) is 4.15. The summed E-state index contributed by atoms with van der Waals surface area (Å²) in [7, 11) is 0. The van der Waals surface area contributed by atoms with E-state index in [1.165, 1.54) is 30.5 Å². The van der Waals surface area contributed by atoms with Crippen molar-refractivity contribution in [3.8, 4) is 22.9 Å². The first-order valence-electron chi connectivity index (χ1n) is 5.87. The van der Waals surface area contributed by atoms with Crippen LogP contribution < -0.4 is 10.5 Å². The second-order valence-electron chi connectivity index (χ2n) is 4.15. The van der Waals surface area contributed by atoms with Crippen LogP contribution in [-0.4, -0.2) is 11.3 Å². The Morgan fingerprint density at radius 2 is 1.95 bits per heavy atom. The Kier molecular flexibility index (Phi) is 3.98. The highest BCUT2D eigenvalue weighted by atomic mass is 19.4. The normalized spacial score (nSPS) is 11.0. The van der Waals surface area contributed by atoms with Gasteiger partial charge in [0.25, 0.3) is 0 Å². The molecule has 7 heteroatoms. The van der Waals surface area contributed by atoms with Crippen LogP contribution in [0.15, 0.2) is 36.5 Å². The Balaban J connectivity index is 2.55. The van der Waals surface area contributed by atoms with Crippen molar-refractivity contribution in [2.24, 2.45) is 0 Å². The summed E-state index contributed by atoms with van der Waals surface area (Å²) in [6, 6.07) is 9.08. The van der Waals surface area contributed by atoms with E-state index in [1.54, 1.807) is 6.07 Å². The zero-order chi connectivity index (χ0) is 15.5. The van der Waals surface area contributed by atoms with E-state index in [1.807, 2.05) is 6.07 Å². The second kappa shape index (κ2) is 5.71. The predicted octanol–water partition coefficient (Wildman–Crippen LogP) is 3.30. The minimum absolute atomic E-state index is 0.00239. The average Bonchev–Trinajstić information content (AvgIpc) is 2.39. The van der Waals surface area contributed by atoms with Gasteiger partial charge < -0.3 is 10.5 Å². The Morgan fingerprint density at radius 1 is 1.24 bits per heavy atom. The number of para-hydroxylation sites is 1. The van der Waals surface area contributed by atoms with Gasteiger partial charge >= 0.3 is 6.36 Å². The average molecular weight is 293 g/mol. The number of halogens is 3. The summed E-state index contributed by atoms with van der Waals surface area (Å²) in [6.45, 7) is 0. The molecule has 0 saturated carbocycles. The van der Waals surface area contributed by atoms with Gasteiger partial charge in [-0.2, -0.15) is 5.26 Å². The summed E-state index contributed by atoms with van der Waals surface area (Å²) in [5.74, 6) is -0.158. The van der Waals surface area contributed by atoms with Crippen molar-refractivity contribution < 1.29 is 17.9 Å². The van der Waals surface area contributed by atoms with Crippen LogP contribution in [0.25, 0.3) is 11.1 Å². The number of rotatable bonds is 3. The van der Waals surface area contributed by atoms with Gasteiger partial charge in [-0.15, -0.1) is 13.2 Å². The first-order valence-corrected chi connectivity index (χ1v) is 5.87. The maximum absolute atomic E-state index is 12.4. The SMILES string of the molecule is N#CCc1cc(N)ncc1-c1ccccc1OC(F)(F)F. The van der Waals surface area contributed by atoms with Crippen molar-refractivity contribution in [3.05, 3.63) is 42.1 Å². The number of aromatic nitrogens is 1. The van der Waals surface area contributed by atoms with E-state index >= 15 is 0 Å². The summed E-state index contributed by atoms with van der Waals surface area (Å²) in [4.78, 5) is 3.87. The maximum Gasteiger partial charge on any atom is 0.573 e. The Hall–Kier alpha value is -2.75. The lowest BCUT2D eigenvalue weighted by Crippen LogP contribution is -2.17. The van der Waals surface area contributed by atoms with Crippen LogP contribution in [0.1, 0.15) is 5.56 Å². The summed E-state index contributed by atoms with van der Waals surface area (Å²) >= 11 is 0. The smallest absolute Gasteiger partial charge is 0.405 e. The zero-order valence-corrected chi connectivity index (χ0v) is 10.7. The lowest BCUT2D eigenvalue weighted by molar-refractivity contribution is -0.274. The van der Waals surface area contributed by atoms with Crippen LogP contribution in [0.5, 0.6) is 5.75 Å². The van der Waals surface area contributed by atoms with Crippen LogP contribution in [-0.2, 0) is 6.42 Å². The molecule has 0 aliphatic carbocycles. The fraction of sp³-hybridized carbons (Fsp3) is 0.143. The number of ether oxygens (including phenoxy) is 1. The third-order valence-electron chi connectivity index (χ3n) is 2.68. The fourth-order valence-corrected chi connectivity index (χ4v) is 1.89. The van der Waals surface area contributed by atoms with Crippen LogP contribution in [0.4, 0.5) is 19.0 Å². The number of anilines is 1. The largest absolute Gasteiger partial charge is 0.573 e. The lowest BCUT2D eigenvalue weighted by atomic mass is 9.99. The topological polar surface area (TPSA) is 71.9 Å². The van der Waals surface area contributed by atoms with Crippen LogP contribution in [0, 0.1) is 11.3 Å². The summed E-state index contributed by atoms with van der Waals surface area (Å²) < 4.78 is 41.3. The molecule has 2 aromatic rings. The van der Waals surface area contributed by atoms with Crippen molar-refractivity contribution in [2.45, 2.75) is 12.8 Å². The van der Waals surface area contributed by atoms with Crippen molar-refractivity contribution in [1.82, 2.24) is 4.98 Å². The first kappa shape index (κ1) is 14.7. The minimum Gasteiger partial charge on any atom is -0.405 e. The van der Waals surface area contributed by atoms with Gasteiger partial charge in [0.1, 0.15) is 11.6 Å². The highest BCUT2D eigenvalue weighted by Gasteiger charge is 2.32. The Bertz CT molecular complexity index is 693. The quantitative estimate of drug-likeness (QED) is 0.942. The molecule has 2 rings (SSSR count). The third-order valence-corrected chi connectivity index (χ3v) is 2.68. The van der Waals surface area contributed by atoms with Gasteiger partial charge in [0, 0.05) is 17.3 Å². The number of nitrogen functional groups attached to an aromatic ring is 1. The maximum atomic E-state index is 12.4. The van der Waals surface area contributed by atoms with Crippen molar-refractivity contribution >= 4 is 5.82 Å². The van der Waals surface area contributed by atoms with Gasteiger partial charge in [0.2, 0.25) is 0 Å². The number of hydrogen-bond acceptors (Lipinski definition) is 4. The molecule has 2 N–H and O–H groups in total. The lowest BCUT2D eigenvalue weighted by Gasteiger charge is -2.15. The molecular formula is C14H10F3N3O. The van der Waals surface area contributed by atoms with E-state index in [0.29, 0.717) is 11.1 Å². The van der Waals surface area contributed by atoms with Crippen molar-refractivity contribution in [1.29, 1.82) is 5.26 Å². The molecule has 0 fully saturated rings. The van der Waals surface area contributed by atoms with Gasteiger partial charge in [-0.3, -0.25) is 0 Å². The molecular weight excluding hydrogens is 283 g/mol. The number of pyridine rings is 1. The molecule has 0 aliphatic rings. The van der Waals surface area contributed by atoms with E-state index in [-0.39, 0.29) is 23.6 Å². The van der Waals surface area contributed by atoms with E-state index in [4.69, 9.17) is 11.0 Å². The molecule has 1 aromatic carbocycles. The third kappa shape index (κ3) is 3.63. The molecule has 0 unspecified atom stereocenters. The number of alkyl halides is 3. The molecule has 0 radical (unpaired) electrons. The molecule has 0 spiro atoms. The number of hydrogen-bond donors (Lipinski definition) is 1. The Labute approximate surface area is 118 Å². The molecule has 21 heavy (non-hydrogen) atoms. The van der Waals surface area contributed by atoms with E-state index in [9.17, 15) is 13.2 Å². The minimum atomic E-state index is -4.80. The van der Waals surface area contributed by atoms with Crippen molar-refractivity contribution in [3.63, 3.8) is 0 Å². The first-order chi connectivity index (χ1) is 9.90.